The lowest BCUT2D eigenvalue weighted by molar-refractivity contribution is -0.516. The van der Waals surface area contributed by atoms with Crippen molar-refractivity contribution in [3.63, 3.8) is 0 Å². The fraction of sp³-hybridized carbons (Fsp3) is 0.462. The molecule has 31 heavy (non-hydrogen) atoms. The topological polar surface area (TPSA) is 43.5 Å². The minimum Gasteiger partial charge on any atom is -0.481 e. The highest BCUT2D eigenvalue weighted by atomic mass is 32.2. The fourth-order valence-corrected chi connectivity index (χ4v) is 6.30. The molecule has 1 fully saturated rings. The third-order valence-electron chi connectivity index (χ3n) is 6.78. The van der Waals surface area contributed by atoms with E-state index in [-0.39, 0.29) is 11.8 Å². The number of aliphatic carboxylic acids is 1. The second-order valence-electron chi connectivity index (χ2n) is 9.13. The van der Waals surface area contributed by atoms with E-state index in [1.807, 2.05) is 0 Å². The van der Waals surface area contributed by atoms with Crippen LogP contribution in [0.3, 0.4) is 0 Å². The van der Waals surface area contributed by atoms with Crippen LogP contribution >= 0.6 is 11.8 Å². The Labute approximate surface area is 190 Å². The summed E-state index contributed by atoms with van der Waals surface area (Å²) in [6.07, 6.45) is 21.6. The predicted octanol–water partition coefficient (Wildman–Crippen LogP) is 5.14. The van der Waals surface area contributed by atoms with Gasteiger partial charge in [0.25, 0.3) is 0 Å². The molecule has 4 rings (SSSR count). The van der Waals surface area contributed by atoms with Crippen LogP contribution in [0.15, 0.2) is 71.1 Å². The predicted molar refractivity (Wildman–Crippen MR) is 129 cm³/mol. The first kappa shape index (κ1) is 21.9. The number of rotatable bonds is 6. The standard InChI is InChI=1S/C26H32N2O2S/c1-26(2)22(27(3)21-14-13-19-9-7-8-10-20(19)25(21)26)11-5-4-6-12-23-28(17-18-31-23)16-15-24(29)30/h4-6,8,10-12,14,19H,7,9,13,15-18H2,1-3H3/p+1. The number of nitrogens with zero attached hydrogens (tertiary/aromatic N) is 2. The van der Waals surface area contributed by atoms with Crippen LogP contribution in [0.4, 0.5) is 0 Å². The van der Waals surface area contributed by atoms with Crippen LogP contribution in [-0.2, 0) is 4.79 Å². The fourth-order valence-electron chi connectivity index (χ4n) is 5.24. The molecule has 4 aliphatic rings. The second-order valence-corrected chi connectivity index (χ2v) is 10.2. The molecule has 0 aromatic rings. The van der Waals surface area contributed by atoms with Crippen molar-refractivity contribution < 1.29 is 14.5 Å². The zero-order chi connectivity index (χ0) is 22.0. The Balaban J connectivity index is 1.52. The van der Waals surface area contributed by atoms with Crippen LogP contribution in [0.2, 0.25) is 0 Å². The van der Waals surface area contributed by atoms with Crippen LogP contribution < -0.4 is 0 Å². The number of thioether (sulfide) groups is 1. The SMILES string of the molecule is CN1C2=CCC3CCC=CC3=C2C(C)(C)C1=CC=CC=CC1=[N+](CCC(=O)O)CCS1. The molecule has 2 aliphatic carbocycles. The van der Waals surface area contributed by atoms with Crippen molar-refractivity contribution in [1.29, 1.82) is 0 Å². The summed E-state index contributed by atoms with van der Waals surface area (Å²) in [5, 5.41) is 10.1. The van der Waals surface area contributed by atoms with Gasteiger partial charge >= 0.3 is 5.97 Å². The minimum absolute atomic E-state index is 0.00595. The molecule has 1 saturated heterocycles. The van der Waals surface area contributed by atoms with Gasteiger partial charge in [0.2, 0.25) is 5.04 Å². The van der Waals surface area contributed by atoms with E-state index in [1.54, 1.807) is 17.3 Å². The van der Waals surface area contributed by atoms with Gasteiger partial charge < -0.3 is 10.0 Å². The Morgan fingerprint density at radius 3 is 3.00 bits per heavy atom. The highest BCUT2D eigenvalue weighted by molar-refractivity contribution is 8.14. The summed E-state index contributed by atoms with van der Waals surface area (Å²) in [6.45, 7) is 6.19. The van der Waals surface area contributed by atoms with Gasteiger partial charge in [0.1, 0.15) is 6.42 Å². The van der Waals surface area contributed by atoms with E-state index in [4.69, 9.17) is 5.11 Å². The molecule has 1 unspecified atom stereocenters. The molecule has 5 heteroatoms. The first-order chi connectivity index (χ1) is 14.9. The van der Waals surface area contributed by atoms with Crippen molar-refractivity contribution in [3.8, 4) is 0 Å². The Morgan fingerprint density at radius 1 is 1.35 bits per heavy atom. The lowest BCUT2D eigenvalue weighted by Gasteiger charge is -2.31. The van der Waals surface area contributed by atoms with Crippen LogP contribution in [0.5, 0.6) is 0 Å². The summed E-state index contributed by atoms with van der Waals surface area (Å²) in [5.41, 5.74) is 5.75. The summed E-state index contributed by atoms with van der Waals surface area (Å²) in [5.74, 6) is 0.963. The van der Waals surface area contributed by atoms with E-state index in [0.717, 1.165) is 23.8 Å². The van der Waals surface area contributed by atoms with E-state index in [9.17, 15) is 4.79 Å². The maximum absolute atomic E-state index is 10.8. The van der Waals surface area contributed by atoms with Gasteiger partial charge in [0, 0.05) is 29.9 Å². The van der Waals surface area contributed by atoms with E-state index >= 15 is 0 Å². The maximum atomic E-state index is 10.8. The molecule has 1 N–H and O–H groups in total. The Hall–Kier alpha value is -2.27. The van der Waals surface area contributed by atoms with Crippen molar-refractivity contribution in [1.82, 2.24) is 4.90 Å². The molecule has 4 nitrogen and oxygen atoms in total. The van der Waals surface area contributed by atoms with Crippen LogP contribution in [0, 0.1) is 11.3 Å². The van der Waals surface area contributed by atoms with Gasteiger partial charge in [-0.15, -0.1) is 0 Å². The normalized spacial score (nSPS) is 26.4. The summed E-state index contributed by atoms with van der Waals surface area (Å²) in [7, 11) is 2.19. The lowest BCUT2D eigenvalue weighted by Crippen LogP contribution is -2.19. The summed E-state index contributed by atoms with van der Waals surface area (Å²) < 4.78 is 2.16. The molecule has 0 aromatic carbocycles. The van der Waals surface area contributed by atoms with Gasteiger partial charge in [0.05, 0.1) is 5.75 Å². The van der Waals surface area contributed by atoms with Gasteiger partial charge in [-0.1, -0.05) is 62.1 Å². The number of carboxylic acids is 1. The van der Waals surface area contributed by atoms with Crippen LogP contribution in [0.25, 0.3) is 0 Å². The van der Waals surface area contributed by atoms with E-state index < -0.39 is 5.97 Å². The third-order valence-corrected chi connectivity index (χ3v) is 7.86. The number of carboxylic acid groups (broad SMARTS) is 1. The molecule has 0 spiro atoms. The van der Waals surface area contributed by atoms with Crippen molar-refractivity contribution in [2.45, 2.75) is 39.5 Å². The number of carbonyl (C=O) groups is 1. The first-order valence-corrected chi connectivity index (χ1v) is 12.3. The summed E-state index contributed by atoms with van der Waals surface area (Å²) in [6, 6.07) is 0. The molecule has 2 aliphatic heterocycles. The highest BCUT2D eigenvalue weighted by Crippen LogP contribution is 2.54. The van der Waals surface area contributed by atoms with Gasteiger partial charge in [-0.3, -0.25) is 4.79 Å². The number of hydrogen-bond acceptors (Lipinski definition) is 3. The smallest absolute Gasteiger partial charge is 0.309 e. The van der Waals surface area contributed by atoms with Crippen molar-refractivity contribution in [2.24, 2.45) is 11.3 Å². The zero-order valence-electron chi connectivity index (χ0n) is 18.8. The number of hydrogen-bond donors (Lipinski definition) is 1. The molecule has 1 atom stereocenters. The molecule has 2 heterocycles. The molecule has 0 aromatic heterocycles. The first-order valence-electron chi connectivity index (χ1n) is 11.3. The number of likely N-dealkylation sites (tertiary alicyclic amines) is 1. The maximum Gasteiger partial charge on any atom is 0.309 e. The highest BCUT2D eigenvalue weighted by Gasteiger charge is 2.44. The molecule has 0 bridgehead atoms. The Morgan fingerprint density at radius 2 is 2.19 bits per heavy atom. The van der Waals surface area contributed by atoms with Crippen molar-refractivity contribution >= 4 is 22.8 Å². The van der Waals surface area contributed by atoms with E-state index in [1.165, 1.54) is 29.8 Å². The van der Waals surface area contributed by atoms with Crippen LogP contribution in [0.1, 0.15) is 39.5 Å². The van der Waals surface area contributed by atoms with E-state index in [0.29, 0.717) is 12.5 Å². The van der Waals surface area contributed by atoms with Crippen molar-refractivity contribution in [2.75, 3.05) is 25.9 Å². The Bertz CT molecular complexity index is 975. The quantitative estimate of drug-likeness (QED) is 0.462. The van der Waals surface area contributed by atoms with Crippen LogP contribution in [-0.4, -0.2) is 51.5 Å². The number of allylic oxidation sites excluding steroid dienone is 10. The zero-order valence-corrected chi connectivity index (χ0v) is 19.6. The largest absolute Gasteiger partial charge is 0.481 e. The molecule has 164 valence electrons. The monoisotopic (exact) mass is 437 g/mol. The molecular weight excluding hydrogens is 404 g/mol. The van der Waals surface area contributed by atoms with Gasteiger partial charge in [-0.25, -0.2) is 4.58 Å². The number of fused-ring (bicyclic) bond motifs is 2. The summed E-state index contributed by atoms with van der Waals surface area (Å²) in [4.78, 5) is 13.2. The second kappa shape index (κ2) is 9.07. The van der Waals surface area contributed by atoms with E-state index in [2.05, 4.69) is 79.0 Å². The lowest BCUT2D eigenvalue weighted by atomic mass is 9.72. The molecule has 0 radical (unpaired) electrons. The average molecular weight is 438 g/mol. The van der Waals surface area contributed by atoms with Gasteiger partial charge in [-0.2, -0.15) is 0 Å². The molecule has 0 saturated carbocycles. The number of likely N-dealkylation sites (N-methyl/N-ethyl adjacent to an activating group) is 1. The van der Waals surface area contributed by atoms with Gasteiger partial charge in [-0.05, 0) is 42.4 Å². The minimum atomic E-state index is -0.739. The molecular formula is C26H33N2O2S+. The average Bonchev–Trinajstić information content (AvgIpc) is 3.27. The molecule has 0 amide bonds. The van der Waals surface area contributed by atoms with Crippen molar-refractivity contribution in [3.05, 3.63) is 71.1 Å². The summed E-state index contributed by atoms with van der Waals surface area (Å²) >= 11 is 1.79. The Kier molecular flexibility index (Phi) is 6.42. The third kappa shape index (κ3) is 4.38. The van der Waals surface area contributed by atoms with Gasteiger partial charge in [0.15, 0.2) is 13.1 Å².